The molecule has 0 aromatic carbocycles. The summed E-state index contributed by atoms with van der Waals surface area (Å²) in [6, 6.07) is 3.28. The Balaban J connectivity index is 3.12. The average molecular weight is 191 g/mol. The van der Waals surface area contributed by atoms with E-state index in [0.717, 1.165) is 0 Å². The highest BCUT2D eigenvalue weighted by atomic mass is 35.5. The molecule has 0 spiro atoms. The Kier molecular flexibility index (Phi) is 2.99. The summed E-state index contributed by atoms with van der Waals surface area (Å²) in [7, 11) is 0. The standard InChI is InChI=1S/C6H6ClNO2S/c7-4-5-2-1-3-8-6(5)11(9)10/h1-3H,4H2,(H,9,10)/p-1. The van der Waals surface area contributed by atoms with Gasteiger partial charge >= 0.3 is 0 Å². The van der Waals surface area contributed by atoms with Crippen molar-refractivity contribution in [3.05, 3.63) is 23.9 Å². The van der Waals surface area contributed by atoms with E-state index in [9.17, 15) is 8.76 Å². The van der Waals surface area contributed by atoms with Gasteiger partial charge in [-0.15, -0.1) is 11.6 Å². The molecule has 0 bridgehead atoms. The number of rotatable bonds is 2. The summed E-state index contributed by atoms with van der Waals surface area (Å²) in [4.78, 5) is 3.65. The first kappa shape index (κ1) is 8.64. The van der Waals surface area contributed by atoms with Gasteiger partial charge in [-0.1, -0.05) is 6.07 Å². The normalized spacial score (nSPS) is 12.9. The molecule has 1 aromatic rings. The van der Waals surface area contributed by atoms with Crippen molar-refractivity contribution in [1.82, 2.24) is 4.98 Å². The molecule has 1 aromatic heterocycles. The summed E-state index contributed by atoms with van der Waals surface area (Å²) in [5.74, 6) is 0.164. The van der Waals surface area contributed by atoms with Crippen molar-refractivity contribution in [2.45, 2.75) is 10.9 Å². The Morgan fingerprint density at radius 2 is 2.45 bits per heavy atom. The van der Waals surface area contributed by atoms with Gasteiger partial charge in [-0.05, 0) is 17.1 Å². The van der Waals surface area contributed by atoms with Crippen LogP contribution >= 0.6 is 11.6 Å². The summed E-state index contributed by atoms with van der Waals surface area (Å²) in [5, 5.41) is 0.0301. The van der Waals surface area contributed by atoms with Crippen LogP contribution in [0.1, 0.15) is 5.56 Å². The van der Waals surface area contributed by atoms with Crippen molar-refractivity contribution in [2.75, 3.05) is 0 Å². The second-order valence-electron chi connectivity index (χ2n) is 1.84. The Morgan fingerprint density at radius 1 is 1.73 bits per heavy atom. The Hall–Kier alpha value is -0.450. The Morgan fingerprint density at radius 3 is 2.91 bits per heavy atom. The van der Waals surface area contributed by atoms with Crippen LogP contribution in [0.2, 0.25) is 0 Å². The third kappa shape index (κ3) is 1.99. The van der Waals surface area contributed by atoms with E-state index in [0.29, 0.717) is 5.56 Å². The highest BCUT2D eigenvalue weighted by molar-refractivity contribution is 7.79. The van der Waals surface area contributed by atoms with Gasteiger partial charge in [0.05, 0.1) is 5.88 Å². The predicted molar refractivity (Wildman–Crippen MR) is 41.0 cm³/mol. The summed E-state index contributed by atoms with van der Waals surface area (Å²) >= 11 is 3.18. The third-order valence-corrected chi connectivity index (χ3v) is 2.12. The first-order valence-corrected chi connectivity index (χ1v) is 4.45. The highest BCUT2D eigenvalue weighted by Crippen LogP contribution is 2.10. The molecule has 0 N–H and O–H groups in total. The summed E-state index contributed by atoms with van der Waals surface area (Å²) < 4.78 is 20.9. The van der Waals surface area contributed by atoms with E-state index in [1.807, 2.05) is 0 Å². The van der Waals surface area contributed by atoms with Crippen molar-refractivity contribution >= 4 is 22.7 Å². The van der Waals surface area contributed by atoms with Crippen LogP contribution in [0.4, 0.5) is 0 Å². The molecule has 1 rings (SSSR count). The zero-order valence-electron chi connectivity index (χ0n) is 5.49. The first-order chi connectivity index (χ1) is 5.25. The lowest BCUT2D eigenvalue weighted by Crippen LogP contribution is -1.97. The molecule has 60 valence electrons. The van der Waals surface area contributed by atoms with Gasteiger partial charge in [0.1, 0.15) is 5.03 Å². The number of alkyl halides is 1. The van der Waals surface area contributed by atoms with Gasteiger partial charge in [-0.2, -0.15) is 0 Å². The monoisotopic (exact) mass is 190 g/mol. The first-order valence-electron chi connectivity index (χ1n) is 2.85. The lowest BCUT2D eigenvalue weighted by atomic mass is 10.3. The summed E-state index contributed by atoms with van der Waals surface area (Å²) in [6.45, 7) is 0. The lowest BCUT2D eigenvalue weighted by Gasteiger charge is -2.06. The fourth-order valence-electron chi connectivity index (χ4n) is 0.676. The van der Waals surface area contributed by atoms with Crippen LogP contribution in [0.15, 0.2) is 23.4 Å². The molecule has 0 amide bonds. The predicted octanol–water partition coefficient (Wildman–Crippen LogP) is 1.06. The van der Waals surface area contributed by atoms with Gasteiger partial charge in [0.15, 0.2) is 0 Å². The molecule has 0 saturated carbocycles. The van der Waals surface area contributed by atoms with E-state index >= 15 is 0 Å². The van der Waals surface area contributed by atoms with Crippen molar-refractivity contribution in [3.63, 3.8) is 0 Å². The quantitative estimate of drug-likeness (QED) is 0.518. The molecule has 11 heavy (non-hydrogen) atoms. The van der Waals surface area contributed by atoms with Crippen molar-refractivity contribution in [2.24, 2.45) is 0 Å². The molecular weight excluding hydrogens is 186 g/mol. The van der Waals surface area contributed by atoms with Gasteiger partial charge in [-0.3, -0.25) is 4.21 Å². The summed E-state index contributed by atoms with van der Waals surface area (Å²) in [6.07, 6.45) is 1.42. The number of pyridine rings is 1. The van der Waals surface area contributed by atoms with E-state index in [1.165, 1.54) is 6.20 Å². The maximum Gasteiger partial charge on any atom is 0.117 e. The number of nitrogens with zero attached hydrogens (tertiary/aromatic N) is 1. The van der Waals surface area contributed by atoms with E-state index in [2.05, 4.69) is 4.98 Å². The number of hydrogen-bond acceptors (Lipinski definition) is 3. The van der Waals surface area contributed by atoms with Crippen LogP contribution in [-0.4, -0.2) is 13.7 Å². The molecule has 0 fully saturated rings. The van der Waals surface area contributed by atoms with E-state index in [4.69, 9.17) is 11.6 Å². The topological polar surface area (TPSA) is 53.0 Å². The highest BCUT2D eigenvalue weighted by Gasteiger charge is 2.00. The minimum Gasteiger partial charge on any atom is -0.767 e. The van der Waals surface area contributed by atoms with Crippen LogP contribution in [-0.2, 0) is 17.0 Å². The maximum atomic E-state index is 10.5. The molecule has 0 radical (unpaired) electrons. The Bertz CT molecular complexity index is 279. The van der Waals surface area contributed by atoms with Gasteiger partial charge in [0, 0.05) is 11.8 Å². The largest absolute Gasteiger partial charge is 0.767 e. The third-order valence-electron chi connectivity index (χ3n) is 1.15. The molecule has 3 nitrogen and oxygen atoms in total. The van der Waals surface area contributed by atoms with Crippen molar-refractivity contribution < 1.29 is 8.76 Å². The van der Waals surface area contributed by atoms with Gasteiger partial charge in [-0.25, -0.2) is 4.98 Å². The zero-order valence-corrected chi connectivity index (χ0v) is 7.06. The molecule has 0 aliphatic rings. The fourth-order valence-corrected chi connectivity index (χ4v) is 1.47. The minimum atomic E-state index is -2.29. The molecule has 0 aliphatic heterocycles. The summed E-state index contributed by atoms with van der Waals surface area (Å²) in [5.41, 5.74) is 0.530. The number of hydrogen-bond donors (Lipinski definition) is 0. The van der Waals surface area contributed by atoms with E-state index < -0.39 is 11.1 Å². The smallest absolute Gasteiger partial charge is 0.117 e. The van der Waals surface area contributed by atoms with Crippen LogP contribution in [0.3, 0.4) is 0 Å². The van der Waals surface area contributed by atoms with E-state index in [1.54, 1.807) is 12.1 Å². The second kappa shape index (κ2) is 3.80. The average Bonchev–Trinajstić information content (AvgIpc) is 2.04. The molecule has 5 heteroatoms. The van der Waals surface area contributed by atoms with Gasteiger partial charge in [0.2, 0.25) is 0 Å². The molecule has 0 saturated heterocycles. The maximum absolute atomic E-state index is 10.5. The Labute approximate surface area is 71.7 Å². The molecule has 0 aliphatic carbocycles. The lowest BCUT2D eigenvalue weighted by molar-refractivity contribution is 0.532. The van der Waals surface area contributed by atoms with Crippen LogP contribution in [0.5, 0.6) is 0 Å². The van der Waals surface area contributed by atoms with Crippen LogP contribution in [0, 0.1) is 0 Å². The van der Waals surface area contributed by atoms with E-state index in [-0.39, 0.29) is 10.9 Å². The second-order valence-corrected chi connectivity index (χ2v) is 2.96. The van der Waals surface area contributed by atoms with Gasteiger partial charge in [0.25, 0.3) is 0 Å². The molecule has 1 heterocycles. The number of halogens is 1. The molecular formula is C6H5ClNO2S-. The van der Waals surface area contributed by atoms with Crippen LogP contribution < -0.4 is 0 Å². The SMILES string of the molecule is O=S([O-])c1ncccc1CCl. The molecule has 1 unspecified atom stereocenters. The zero-order chi connectivity index (χ0) is 8.27. The number of aromatic nitrogens is 1. The van der Waals surface area contributed by atoms with Crippen molar-refractivity contribution in [3.8, 4) is 0 Å². The van der Waals surface area contributed by atoms with Crippen molar-refractivity contribution in [1.29, 1.82) is 0 Å². The molecule has 1 atom stereocenters. The minimum absolute atomic E-state index is 0.0301. The van der Waals surface area contributed by atoms with Crippen LogP contribution in [0.25, 0.3) is 0 Å². The van der Waals surface area contributed by atoms with Gasteiger partial charge < -0.3 is 4.55 Å². The fraction of sp³-hybridized carbons (Fsp3) is 0.167.